The fraction of sp³-hybridized carbons (Fsp3) is 0.667. The normalized spacial score (nSPS) is 20.7. The minimum absolute atomic E-state index is 0.343. The van der Waals surface area contributed by atoms with Gasteiger partial charge in [0, 0.05) is 24.3 Å². The molecule has 0 aliphatic heterocycles. The van der Waals surface area contributed by atoms with Crippen LogP contribution in [0.3, 0.4) is 0 Å². The molecule has 1 aliphatic carbocycles. The Kier molecular flexibility index (Phi) is 2.07. The Morgan fingerprint density at radius 3 is 3.08 bits per heavy atom. The molecule has 3 nitrogen and oxygen atoms in total. The molecule has 1 heterocycles. The molecule has 1 aromatic heterocycles. The lowest BCUT2D eigenvalue weighted by molar-refractivity contribution is 0.340. The van der Waals surface area contributed by atoms with Crippen LogP contribution in [0.1, 0.15) is 36.5 Å². The first-order valence-corrected chi connectivity index (χ1v) is 4.70. The molecule has 1 atom stereocenters. The molecule has 0 amide bonds. The van der Waals surface area contributed by atoms with Gasteiger partial charge in [0.15, 0.2) is 0 Å². The average Bonchev–Trinajstić information content (AvgIpc) is 2.67. The molecule has 72 valence electrons. The highest BCUT2D eigenvalue weighted by atomic mass is 19.1. The molecule has 2 N–H and O–H groups in total. The predicted molar refractivity (Wildman–Crippen MR) is 48.0 cm³/mol. The van der Waals surface area contributed by atoms with Crippen molar-refractivity contribution in [2.45, 2.75) is 39.0 Å². The number of aromatic nitrogens is 2. The zero-order valence-corrected chi connectivity index (χ0v) is 7.76. The van der Waals surface area contributed by atoms with Gasteiger partial charge in [-0.15, -0.1) is 0 Å². The topological polar surface area (TPSA) is 43.8 Å². The van der Waals surface area contributed by atoms with Crippen molar-refractivity contribution in [3.8, 4) is 0 Å². The highest BCUT2D eigenvalue weighted by Crippen LogP contribution is 2.36. The number of hydrogen-bond donors (Lipinski definition) is 1. The summed E-state index contributed by atoms with van der Waals surface area (Å²) < 4.78 is 15.3. The van der Waals surface area contributed by atoms with Gasteiger partial charge in [-0.1, -0.05) is 0 Å². The Hall–Kier alpha value is -0.900. The van der Waals surface area contributed by atoms with Crippen molar-refractivity contribution in [2.24, 2.45) is 5.73 Å². The predicted octanol–water partition coefficient (Wildman–Crippen LogP) is 1.32. The number of halogens is 1. The molecule has 0 radical (unpaired) electrons. The Morgan fingerprint density at radius 1 is 1.69 bits per heavy atom. The molecule has 1 aliphatic rings. The molecule has 13 heavy (non-hydrogen) atoms. The molecule has 1 unspecified atom stereocenters. The second-order valence-corrected chi connectivity index (χ2v) is 3.33. The van der Waals surface area contributed by atoms with Crippen molar-refractivity contribution in [1.29, 1.82) is 0 Å². The first-order chi connectivity index (χ1) is 6.27. The number of rotatable bonds is 2. The van der Waals surface area contributed by atoms with Gasteiger partial charge in [0.05, 0.1) is 5.69 Å². The van der Waals surface area contributed by atoms with E-state index in [0.29, 0.717) is 13.0 Å². The summed E-state index contributed by atoms with van der Waals surface area (Å²) in [6.45, 7) is 3.16. The standard InChI is InChI=1S/C9H14FN3/c1-2-13-8-4-3-6(10)9(8)7(5-11)12-13/h6H,2-5,11H2,1H3. The zero-order chi connectivity index (χ0) is 9.42. The maximum atomic E-state index is 13.4. The van der Waals surface area contributed by atoms with E-state index in [1.807, 2.05) is 11.6 Å². The summed E-state index contributed by atoms with van der Waals surface area (Å²) in [5.74, 6) is 0. The van der Waals surface area contributed by atoms with Gasteiger partial charge in [0.25, 0.3) is 0 Å². The van der Waals surface area contributed by atoms with E-state index in [1.54, 1.807) is 0 Å². The summed E-state index contributed by atoms with van der Waals surface area (Å²) in [7, 11) is 0. The Morgan fingerprint density at radius 2 is 2.46 bits per heavy atom. The maximum Gasteiger partial charge on any atom is 0.129 e. The molecule has 0 spiro atoms. The molecule has 0 aromatic carbocycles. The number of aryl methyl sites for hydroxylation is 1. The smallest absolute Gasteiger partial charge is 0.129 e. The van der Waals surface area contributed by atoms with Crippen LogP contribution in [-0.2, 0) is 19.5 Å². The van der Waals surface area contributed by atoms with Crippen LogP contribution in [0.5, 0.6) is 0 Å². The van der Waals surface area contributed by atoms with Gasteiger partial charge in [-0.25, -0.2) is 4.39 Å². The number of nitrogens with two attached hydrogens (primary N) is 1. The first kappa shape index (κ1) is 8.69. The van der Waals surface area contributed by atoms with Crippen LogP contribution in [0.4, 0.5) is 4.39 Å². The van der Waals surface area contributed by atoms with Crippen molar-refractivity contribution >= 4 is 0 Å². The second-order valence-electron chi connectivity index (χ2n) is 3.33. The highest BCUT2D eigenvalue weighted by Gasteiger charge is 2.29. The fourth-order valence-electron chi connectivity index (χ4n) is 2.01. The minimum atomic E-state index is -0.839. The zero-order valence-electron chi connectivity index (χ0n) is 7.76. The third-order valence-corrected chi connectivity index (χ3v) is 2.62. The van der Waals surface area contributed by atoms with Gasteiger partial charge in [-0.2, -0.15) is 5.10 Å². The van der Waals surface area contributed by atoms with Crippen molar-refractivity contribution < 1.29 is 4.39 Å². The van der Waals surface area contributed by atoms with Gasteiger partial charge < -0.3 is 5.73 Å². The summed E-state index contributed by atoms with van der Waals surface area (Å²) in [6.07, 6.45) is 0.561. The van der Waals surface area contributed by atoms with Gasteiger partial charge >= 0.3 is 0 Å². The summed E-state index contributed by atoms with van der Waals surface area (Å²) in [5.41, 5.74) is 8.07. The minimum Gasteiger partial charge on any atom is -0.325 e. The molecular formula is C9H14FN3. The highest BCUT2D eigenvalue weighted by molar-refractivity contribution is 5.33. The number of fused-ring (bicyclic) bond motifs is 1. The summed E-state index contributed by atoms with van der Waals surface area (Å²) in [5, 5.41) is 4.27. The molecule has 0 saturated carbocycles. The van der Waals surface area contributed by atoms with Gasteiger partial charge in [-0.3, -0.25) is 4.68 Å². The largest absolute Gasteiger partial charge is 0.325 e. The second kappa shape index (κ2) is 3.10. The number of alkyl halides is 1. The molecule has 1 aromatic rings. The van der Waals surface area contributed by atoms with Crippen LogP contribution >= 0.6 is 0 Å². The van der Waals surface area contributed by atoms with Crippen molar-refractivity contribution in [1.82, 2.24) is 9.78 Å². The third kappa shape index (κ3) is 1.16. The summed E-state index contributed by atoms with van der Waals surface area (Å²) >= 11 is 0. The van der Waals surface area contributed by atoms with Crippen LogP contribution in [-0.4, -0.2) is 9.78 Å². The molecule has 0 saturated heterocycles. The SMILES string of the molecule is CCn1nc(CN)c2c1CCC2F. The lowest BCUT2D eigenvalue weighted by Gasteiger charge is -1.99. The Labute approximate surface area is 76.7 Å². The molecule has 4 heteroatoms. The van der Waals surface area contributed by atoms with Gasteiger partial charge in [-0.05, 0) is 19.8 Å². The van der Waals surface area contributed by atoms with Crippen molar-refractivity contribution in [2.75, 3.05) is 0 Å². The van der Waals surface area contributed by atoms with Crippen LogP contribution < -0.4 is 5.73 Å². The molecule has 2 rings (SSSR count). The van der Waals surface area contributed by atoms with Crippen LogP contribution in [0.2, 0.25) is 0 Å². The lowest BCUT2D eigenvalue weighted by Crippen LogP contribution is -2.04. The summed E-state index contributed by atoms with van der Waals surface area (Å²) in [4.78, 5) is 0. The maximum absolute atomic E-state index is 13.4. The quantitative estimate of drug-likeness (QED) is 0.751. The van der Waals surface area contributed by atoms with E-state index < -0.39 is 6.17 Å². The van der Waals surface area contributed by atoms with E-state index in [0.717, 1.165) is 29.9 Å². The van der Waals surface area contributed by atoms with E-state index in [-0.39, 0.29) is 0 Å². The first-order valence-electron chi connectivity index (χ1n) is 4.70. The van der Waals surface area contributed by atoms with Crippen molar-refractivity contribution in [3.63, 3.8) is 0 Å². The van der Waals surface area contributed by atoms with E-state index in [1.165, 1.54) is 0 Å². The van der Waals surface area contributed by atoms with Crippen LogP contribution in [0.15, 0.2) is 0 Å². The van der Waals surface area contributed by atoms with Crippen LogP contribution in [0.25, 0.3) is 0 Å². The summed E-state index contributed by atoms with van der Waals surface area (Å²) in [6, 6.07) is 0. The lowest BCUT2D eigenvalue weighted by atomic mass is 10.2. The van der Waals surface area contributed by atoms with Gasteiger partial charge in [0.2, 0.25) is 0 Å². The molecular weight excluding hydrogens is 169 g/mol. The fourth-order valence-corrected chi connectivity index (χ4v) is 2.01. The van der Waals surface area contributed by atoms with E-state index >= 15 is 0 Å². The van der Waals surface area contributed by atoms with Gasteiger partial charge in [0.1, 0.15) is 6.17 Å². The monoisotopic (exact) mass is 183 g/mol. The Bertz CT molecular complexity index is 319. The van der Waals surface area contributed by atoms with E-state index in [9.17, 15) is 4.39 Å². The van der Waals surface area contributed by atoms with E-state index in [4.69, 9.17) is 5.73 Å². The number of hydrogen-bond acceptors (Lipinski definition) is 2. The molecule has 0 fully saturated rings. The molecule has 0 bridgehead atoms. The average molecular weight is 183 g/mol. The van der Waals surface area contributed by atoms with E-state index in [2.05, 4.69) is 5.10 Å². The number of nitrogens with zero attached hydrogens (tertiary/aromatic N) is 2. The van der Waals surface area contributed by atoms with Crippen LogP contribution in [0, 0.1) is 0 Å². The Balaban J connectivity index is 2.50. The van der Waals surface area contributed by atoms with Crippen molar-refractivity contribution in [3.05, 3.63) is 17.0 Å². The third-order valence-electron chi connectivity index (χ3n) is 2.62.